The lowest BCUT2D eigenvalue weighted by molar-refractivity contribution is -0.384. The van der Waals surface area contributed by atoms with Gasteiger partial charge in [0.05, 0.1) is 22.8 Å². The molecule has 0 aliphatic heterocycles. The first kappa shape index (κ1) is 20.8. The molecule has 0 N–H and O–H groups in total. The molecule has 2 aromatic rings. The summed E-state index contributed by atoms with van der Waals surface area (Å²) in [5.74, 6) is -0.398. The molecule has 0 unspecified atom stereocenters. The fourth-order valence-corrected chi connectivity index (χ4v) is 2.28. The second-order valence-electron chi connectivity index (χ2n) is 6.28. The summed E-state index contributed by atoms with van der Waals surface area (Å²) in [6, 6.07) is 11.8. The summed E-state index contributed by atoms with van der Waals surface area (Å²) in [7, 11) is 1.89. The molecule has 0 saturated carbocycles. The lowest BCUT2D eigenvalue weighted by Crippen LogP contribution is -2.23. The number of azo groups is 1. The maximum absolute atomic E-state index is 11.4. The zero-order valence-corrected chi connectivity index (χ0v) is 16.1. The Morgan fingerprint density at radius 3 is 2.46 bits per heavy atom. The molecular weight excluding hydrogens is 360 g/mol. The van der Waals surface area contributed by atoms with Crippen molar-refractivity contribution in [2.45, 2.75) is 13.8 Å². The summed E-state index contributed by atoms with van der Waals surface area (Å²) in [4.78, 5) is 23.7. The van der Waals surface area contributed by atoms with Crippen LogP contribution in [0.4, 0.5) is 22.7 Å². The maximum atomic E-state index is 11.4. The average Bonchev–Trinajstić information content (AvgIpc) is 2.67. The Morgan fingerprint density at radius 2 is 1.89 bits per heavy atom. The third kappa shape index (κ3) is 5.73. The summed E-state index contributed by atoms with van der Waals surface area (Å²) in [5.41, 5.74) is 3.25. The van der Waals surface area contributed by atoms with Crippen LogP contribution in [-0.4, -0.2) is 31.1 Å². The van der Waals surface area contributed by atoms with E-state index in [2.05, 4.69) is 16.8 Å². The van der Waals surface area contributed by atoms with Crippen LogP contribution in [-0.2, 0) is 9.53 Å². The van der Waals surface area contributed by atoms with E-state index in [1.54, 1.807) is 19.9 Å². The van der Waals surface area contributed by atoms with Gasteiger partial charge in [-0.25, -0.2) is 4.79 Å². The van der Waals surface area contributed by atoms with Gasteiger partial charge in [0, 0.05) is 30.4 Å². The van der Waals surface area contributed by atoms with E-state index in [0.29, 0.717) is 29.1 Å². The van der Waals surface area contributed by atoms with Crippen molar-refractivity contribution in [3.8, 4) is 0 Å². The van der Waals surface area contributed by atoms with E-state index in [1.807, 2.05) is 36.2 Å². The minimum Gasteiger partial charge on any atom is -0.460 e. The van der Waals surface area contributed by atoms with Gasteiger partial charge >= 0.3 is 5.97 Å². The van der Waals surface area contributed by atoms with Crippen LogP contribution in [0.15, 0.2) is 64.8 Å². The van der Waals surface area contributed by atoms with Crippen LogP contribution < -0.4 is 4.90 Å². The SMILES string of the molecule is C=C(C)C(=O)OCCN(C)c1ccc(N=Nc2ccc([N+](=O)[O-])cc2C)cc1. The van der Waals surface area contributed by atoms with Crippen LogP contribution in [0.1, 0.15) is 12.5 Å². The Morgan fingerprint density at radius 1 is 1.21 bits per heavy atom. The van der Waals surface area contributed by atoms with Crippen molar-refractivity contribution in [1.82, 2.24) is 0 Å². The molecule has 0 heterocycles. The molecule has 0 aliphatic rings. The first-order chi connectivity index (χ1) is 13.3. The number of carbonyl (C=O) groups is 1. The average molecular weight is 382 g/mol. The van der Waals surface area contributed by atoms with Gasteiger partial charge in [0.15, 0.2) is 0 Å². The molecule has 0 bridgehead atoms. The Kier molecular flexibility index (Phi) is 6.97. The summed E-state index contributed by atoms with van der Waals surface area (Å²) in [6.45, 7) is 7.71. The van der Waals surface area contributed by atoms with Crippen molar-refractivity contribution in [2.75, 3.05) is 25.1 Å². The van der Waals surface area contributed by atoms with Crippen molar-refractivity contribution in [3.63, 3.8) is 0 Å². The van der Waals surface area contributed by atoms with Gasteiger partial charge < -0.3 is 9.64 Å². The lowest BCUT2D eigenvalue weighted by Gasteiger charge is -2.19. The Hall–Kier alpha value is -3.55. The van der Waals surface area contributed by atoms with Crippen LogP contribution in [0, 0.1) is 17.0 Å². The van der Waals surface area contributed by atoms with Gasteiger partial charge in [-0.3, -0.25) is 10.1 Å². The largest absolute Gasteiger partial charge is 0.460 e. The number of likely N-dealkylation sites (N-methyl/N-ethyl adjacent to an activating group) is 1. The summed E-state index contributed by atoms with van der Waals surface area (Å²) in [5, 5.41) is 19.1. The summed E-state index contributed by atoms with van der Waals surface area (Å²) < 4.78 is 5.09. The quantitative estimate of drug-likeness (QED) is 0.213. The van der Waals surface area contributed by atoms with E-state index in [-0.39, 0.29) is 12.3 Å². The lowest BCUT2D eigenvalue weighted by atomic mass is 10.2. The first-order valence-electron chi connectivity index (χ1n) is 8.58. The molecule has 28 heavy (non-hydrogen) atoms. The van der Waals surface area contributed by atoms with Gasteiger partial charge in [-0.15, -0.1) is 0 Å². The third-order valence-electron chi connectivity index (χ3n) is 3.96. The minimum absolute atomic E-state index is 0.0257. The molecule has 0 saturated heterocycles. The number of aryl methyl sites for hydroxylation is 1. The van der Waals surface area contributed by atoms with Crippen LogP contribution in [0.25, 0.3) is 0 Å². The molecule has 8 nitrogen and oxygen atoms in total. The molecule has 2 rings (SSSR count). The number of anilines is 1. The Balaban J connectivity index is 1.96. The van der Waals surface area contributed by atoms with E-state index >= 15 is 0 Å². The van der Waals surface area contributed by atoms with Crippen molar-refractivity contribution < 1.29 is 14.5 Å². The number of carbonyl (C=O) groups excluding carboxylic acids is 1. The van der Waals surface area contributed by atoms with Crippen molar-refractivity contribution in [2.24, 2.45) is 10.2 Å². The fraction of sp³-hybridized carbons (Fsp3) is 0.250. The standard InChI is InChI=1S/C20H22N4O4/c1-14(2)20(25)28-12-11-23(4)17-7-5-16(6-8-17)21-22-19-10-9-18(24(26)27)13-15(19)3/h5-10,13H,1,11-12H2,2-4H3. The molecule has 0 radical (unpaired) electrons. The van der Waals surface area contributed by atoms with Gasteiger partial charge in [0.2, 0.25) is 0 Å². The number of hydrogen-bond donors (Lipinski definition) is 0. The molecule has 0 fully saturated rings. The number of non-ortho nitro benzene ring substituents is 1. The molecule has 146 valence electrons. The predicted octanol–water partition coefficient (Wildman–Crippen LogP) is 4.87. The number of nitrogens with zero attached hydrogens (tertiary/aromatic N) is 4. The highest BCUT2D eigenvalue weighted by Crippen LogP contribution is 2.26. The summed E-state index contributed by atoms with van der Waals surface area (Å²) in [6.07, 6.45) is 0. The molecule has 0 aliphatic carbocycles. The van der Waals surface area contributed by atoms with E-state index in [0.717, 1.165) is 5.69 Å². The van der Waals surface area contributed by atoms with Crippen LogP contribution >= 0.6 is 0 Å². The molecule has 8 heteroatoms. The topological polar surface area (TPSA) is 97.4 Å². The van der Waals surface area contributed by atoms with E-state index in [1.165, 1.54) is 12.1 Å². The number of nitro benzene ring substituents is 1. The van der Waals surface area contributed by atoms with E-state index < -0.39 is 10.9 Å². The number of rotatable bonds is 8. The number of hydrogen-bond acceptors (Lipinski definition) is 7. The zero-order valence-electron chi connectivity index (χ0n) is 16.1. The van der Waals surface area contributed by atoms with Gasteiger partial charge in [-0.2, -0.15) is 10.2 Å². The molecule has 0 aromatic heterocycles. The third-order valence-corrected chi connectivity index (χ3v) is 3.96. The van der Waals surface area contributed by atoms with Crippen molar-refractivity contribution >= 4 is 28.7 Å². The predicted molar refractivity (Wildman–Crippen MR) is 107 cm³/mol. The molecular formula is C20H22N4O4. The Labute approximate surface area is 163 Å². The van der Waals surface area contributed by atoms with Gasteiger partial charge in [-0.1, -0.05) is 6.58 Å². The van der Waals surface area contributed by atoms with E-state index in [4.69, 9.17) is 4.74 Å². The first-order valence-corrected chi connectivity index (χ1v) is 8.58. The smallest absolute Gasteiger partial charge is 0.333 e. The second-order valence-corrected chi connectivity index (χ2v) is 6.28. The Bertz CT molecular complexity index is 907. The van der Waals surface area contributed by atoms with Crippen LogP contribution in [0.3, 0.4) is 0 Å². The minimum atomic E-state index is -0.442. The number of benzene rings is 2. The molecule has 2 aromatic carbocycles. The molecule has 0 atom stereocenters. The highest BCUT2D eigenvalue weighted by Gasteiger charge is 2.08. The number of ether oxygens (including phenoxy) is 1. The van der Waals surface area contributed by atoms with Crippen molar-refractivity contribution in [3.05, 3.63) is 70.3 Å². The van der Waals surface area contributed by atoms with Gasteiger partial charge in [-0.05, 0) is 49.7 Å². The number of esters is 1. The summed E-state index contributed by atoms with van der Waals surface area (Å²) >= 11 is 0. The number of nitro groups is 1. The fourth-order valence-electron chi connectivity index (χ4n) is 2.28. The maximum Gasteiger partial charge on any atom is 0.333 e. The monoisotopic (exact) mass is 382 g/mol. The van der Waals surface area contributed by atoms with Gasteiger partial charge in [0.25, 0.3) is 5.69 Å². The van der Waals surface area contributed by atoms with Crippen LogP contribution in [0.5, 0.6) is 0 Å². The van der Waals surface area contributed by atoms with Crippen molar-refractivity contribution in [1.29, 1.82) is 0 Å². The van der Waals surface area contributed by atoms with Crippen LogP contribution in [0.2, 0.25) is 0 Å². The zero-order chi connectivity index (χ0) is 20.7. The highest BCUT2D eigenvalue weighted by atomic mass is 16.6. The van der Waals surface area contributed by atoms with E-state index in [9.17, 15) is 14.9 Å². The molecule has 0 amide bonds. The van der Waals surface area contributed by atoms with Gasteiger partial charge in [0.1, 0.15) is 6.61 Å². The molecule has 0 spiro atoms. The normalized spacial score (nSPS) is 10.7. The highest BCUT2D eigenvalue weighted by molar-refractivity contribution is 5.86. The second kappa shape index (κ2) is 9.40.